The first-order valence-electron chi connectivity index (χ1n) is 6.79. The summed E-state index contributed by atoms with van der Waals surface area (Å²) in [5.74, 6) is 0.701. The van der Waals surface area contributed by atoms with Crippen LogP contribution in [0.5, 0.6) is 0 Å². The number of hydrogen-bond donors (Lipinski definition) is 3. The average molecular weight is 288 g/mol. The number of ether oxygens (including phenoxy) is 2. The molecule has 0 aliphatic heterocycles. The van der Waals surface area contributed by atoms with E-state index in [-0.39, 0.29) is 0 Å². The molecule has 7 nitrogen and oxygen atoms in total. The van der Waals surface area contributed by atoms with Gasteiger partial charge in [0.25, 0.3) is 0 Å². The Morgan fingerprint density at radius 2 is 1.70 bits per heavy atom. The number of hydrogen-bond acceptors (Lipinski definition) is 4. The summed E-state index contributed by atoms with van der Waals surface area (Å²) in [6.07, 6.45) is 0.496. The maximum absolute atomic E-state index is 11.4. The lowest BCUT2D eigenvalue weighted by Crippen LogP contribution is -2.42. The van der Waals surface area contributed by atoms with E-state index in [9.17, 15) is 4.79 Å². The normalized spacial score (nSPS) is 11.9. The van der Waals surface area contributed by atoms with Gasteiger partial charge in [0.05, 0.1) is 0 Å². The maximum atomic E-state index is 11.4. The molecule has 0 radical (unpaired) electrons. The van der Waals surface area contributed by atoms with Crippen molar-refractivity contribution in [2.45, 2.75) is 32.8 Å². The number of alkyl carbamates (subject to hydrolysis) is 1. The predicted molar refractivity (Wildman–Crippen MR) is 80.1 cm³/mol. The number of guanidine groups is 1. The number of nitrogens with zero attached hydrogens (tertiary/aromatic N) is 1. The van der Waals surface area contributed by atoms with E-state index in [4.69, 9.17) is 9.47 Å². The van der Waals surface area contributed by atoms with Gasteiger partial charge in [-0.15, -0.1) is 0 Å². The molecule has 3 N–H and O–H groups in total. The summed E-state index contributed by atoms with van der Waals surface area (Å²) in [6.45, 7) is 8.03. The lowest BCUT2D eigenvalue weighted by atomic mass is 10.2. The van der Waals surface area contributed by atoms with Gasteiger partial charge in [0.1, 0.15) is 5.60 Å². The van der Waals surface area contributed by atoms with Gasteiger partial charge in [-0.25, -0.2) is 4.79 Å². The lowest BCUT2D eigenvalue weighted by molar-refractivity contribution is 0.0529. The van der Waals surface area contributed by atoms with E-state index in [1.54, 1.807) is 14.2 Å². The number of nitrogens with one attached hydrogen (secondary N) is 3. The van der Waals surface area contributed by atoms with E-state index in [0.717, 1.165) is 13.0 Å². The molecule has 7 heteroatoms. The molecule has 0 unspecified atom stereocenters. The molecule has 0 fully saturated rings. The van der Waals surface area contributed by atoms with Crippen LogP contribution in [0.2, 0.25) is 0 Å². The molecule has 0 atom stereocenters. The topological polar surface area (TPSA) is 84.0 Å². The van der Waals surface area contributed by atoms with Crippen LogP contribution in [-0.2, 0) is 9.47 Å². The summed E-state index contributed by atoms with van der Waals surface area (Å²) >= 11 is 0. The van der Waals surface area contributed by atoms with Gasteiger partial charge in [-0.05, 0) is 27.2 Å². The molecule has 0 aliphatic rings. The Labute approximate surface area is 121 Å². The second kappa shape index (κ2) is 10.3. The van der Waals surface area contributed by atoms with Crippen molar-refractivity contribution in [3.8, 4) is 0 Å². The number of carbonyl (C=O) groups excluding carboxylic acids is 1. The van der Waals surface area contributed by atoms with Crippen LogP contribution in [0.3, 0.4) is 0 Å². The highest BCUT2D eigenvalue weighted by Crippen LogP contribution is 2.05. The summed E-state index contributed by atoms with van der Waals surface area (Å²) in [5.41, 5.74) is -0.476. The highest BCUT2D eigenvalue weighted by Gasteiger charge is 2.15. The van der Waals surface area contributed by atoms with E-state index in [0.29, 0.717) is 25.7 Å². The number of amides is 1. The van der Waals surface area contributed by atoms with Gasteiger partial charge in [-0.3, -0.25) is 4.99 Å². The van der Waals surface area contributed by atoms with Gasteiger partial charge in [0, 0.05) is 40.4 Å². The first-order valence-corrected chi connectivity index (χ1v) is 6.79. The lowest BCUT2D eigenvalue weighted by Gasteiger charge is -2.19. The van der Waals surface area contributed by atoms with E-state index >= 15 is 0 Å². The molecule has 0 saturated carbocycles. The Kier molecular flexibility index (Phi) is 9.53. The molecule has 20 heavy (non-hydrogen) atoms. The zero-order chi connectivity index (χ0) is 15.4. The monoisotopic (exact) mass is 288 g/mol. The predicted octanol–water partition coefficient (Wildman–Crippen LogP) is 0.713. The summed E-state index contributed by atoms with van der Waals surface area (Å²) in [5, 5.41) is 8.91. The van der Waals surface area contributed by atoms with Crippen LogP contribution in [0.25, 0.3) is 0 Å². The quantitative estimate of drug-likeness (QED) is 0.365. The number of rotatable bonds is 7. The van der Waals surface area contributed by atoms with Gasteiger partial charge in [0.15, 0.2) is 5.96 Å². The molecule has 0 heterocycles. The van der Waals surface area contributed by atoms with Crippen LogP contribution in [0.15, 0.2) is 4.99 Å². The van der Waals surface area contributed by atoms with Crippen LogP contribution in [-0.4, -0.2) is 58.1 Å². The van der Waals surface area contributed by atoms with Crippen molar-refractivity contribution >= 4 is 12.1 Å². The van der Waals surface area contributed by atoms with Crippen LogP contribution in [0.1, 0.15) is 27.2 Å². The largest absolute Gasteiger partial charge is 0.444 e. The van der Waals surface area contributed by atoms with Gasteiger partial charge in [0.2, 0.25) is 0 Å². The highest BCUT2D eigenvalue weighted by atomic mass is 16.6. The van der Waals surface area contributed by atoms with Gasteiger partial charge in [-0.1, -0.05) is 0 Å². The van der Waals surface area contributed by atoms with Gasteiger partial charge in [-0.2, -0.15) is 0 Å². The SMILES string of the molecule is CN=C(NCCCOC)NCCNC(=O)OC(C)(C)C. The second-order valence-corrected chi connectivity index (χ2v) is 5.20. The Balaban J connectivity index is 3.68. The van der Waals surface area contributed by atoms with Gasteiger partial charge >= 0.3 is 6.09 Å². The van der Waals surface area contributed by atoms with E-state index in [2.05, 4.69) is 20.9 Å². The van der Waals surface area contributed by atoms with Crippen molar-refractivity contribution < 1.29 is 14.3 Å². The van der Waals surface area contributed by atoms with Crippen molar-refractivity contribution in [1.29, 1.82) is 0 Å². The maximum Gasteiger partial charge on any atom is 0.407 e. The zero-order valence-electron chi connectivity index (χ0n) is 13.2. The summed E-state index contributed by atoms with van der Waals surface area (Å²) in [4.78, 5) is 15.5. The van der Waals surface area contributed by atoms with E-state index in [1.807, 2.05) is 20.8 Å². The van der Waals surface area contributed by atoms with Crippen molar-refractivity contribution in [2.24, 2.45) is 4.99 Å². The Hall–Kier alpha value is -1.50. The molecular formula is C13H28N4O3. The fourth-order valence-corrected chi connectivity index (χ4v) is 1.30. The Morgan fingerprint density at radius 3 is 2.25 bits per heavy atom. The number of carbonyl (C=O) groups is 1. The fourth-order valence-electron chi connectivity index (χ4n) is 1.30. The molecule has 0 aromatic rings. The molecular weight excluding hydrogens is 260 g/mol. The van der Waals surface area contributed by atoms with Gasteiger partial charge < -0.3 is 25.4 Å². The van der Waals surface area contributed by atoms with E-state index in [1.165, 1.54) is 0 Å². The number of aliphatic imine (C=N–C) groups is 1. The van der Waals surface area contributed by atoms with E-state index < -0.39 is 11.7 Å². The standard InChI is InChI=1S/C13H28N4O3/c1-13(2,3)20-12(18)17-9-8-16-11(14-4)15-7-6-10-19-5/h6-10H2,1-5H3,(H,17,18)(H2,14,15,16). The smallest absolute Gasteiger partial charge is 0.407 e. The molecule has 0 aromatic carbocycles. The highest BCUT2D eigenvalue weighted by molar-refractivity contribution is 5.79. The molecule has 0 aliphatic carbocycles. The molecule has 0 saturated heterocycles. The van der Waals surface area contributed by atoms with Crippen molar-refractivity contribution in [3.63, 3.8) is 0 Å². The van der Waals surface area contributed by atoms with Crippen LogP contribution in [0, 0.1) is 0 Å². The Morgan fingerprint density at radius 1 is 1.10 bits per heavy atom. The molecule has 0 bridgehead atoms. The first kappa shape index (κ1) is 18.5. The third-order valence-corrected chi connectivity index (χ3v) is 2.13. The number of methoxy groups -OCH3 is 1. The third-order valence-electron chi connectivity index (χ3n) is 2.13. The average Bonchev–Trinajstić information content (AvgIpc) is 2.34. The summed E-state index contributed by atoms with van der Waals surface area (Å²) in [6, 6.07) is 0. The third kappa shape index (κ3) is 11.6. The summed E-state index contributed by atoms with van der Waals surface area (Å²) in [7, 11) is 3.38. The van der Waals surface area contributed by atoms with Crippen molar-refractivity contribution in [2.75, 3.05) is 40.4 Å². The minimum Gasteiger partial charge on any atom is -0.444 e. The minimum absolute atomic E-state index is 0.414. The van der Waals surface area contributed by atoms with Crippen molar-refractivity contribution in [3.05, 3.63) is 0 Å². The summed E-state index contributed by atoms with van der Waals surface area (Å²) < 4.78 is 10.1. The fraction of sp³-hybridized carbons (Fsp3) is 0.846. The second-order valence-electron chi connectivity index (χ2n) is 5.20. The minimum atomic E-state index is -0.476. The molecule has 0 rings (SSSR count). The molecule has 0 spiro atoms. The Bertz CT molecular complexity index is 300. The van der Waals surface area contributed by atoms with Crippen LogP contribution >= 0.6 is 0 Å². The molecule has 118 valence electrons. The van der Waals surface area contributed by atoms with Crippen LogP contribution in [0.4, 0.5) is 4.79 Å². The van der Waals surface area contributed by atoms with Crippen LogP contribution < -0.4 is 16.0 Å². The molecule has 1 amide bonds. The molecule has 0 aromatic heterocycles. The van der Waals surface area contributed by atoms with Crippen molar-refractivity contribution in [1.82, 2.24) is 16.0 Å². The zero-order valence-corrected chi connectivity index (χ0v) is 13.2. The first-order chi connectivity index (χ1) is 9.39.